The molecule has 0 spiro atoms. The smallest absolute Gasteiger partial charge is 0.324 e. The molecule has 0 saturated carbocycles. The first kappa shape index (κ1) is 16.1. The molecule has 0 bridgehead atoms. The second kappa shape index (κ2) is 8.27. The van der Waals surface area contributed by atoms with Crippen molar-refractivity contribution >= 4 is 9.28 Å². The van der Waals surface area contributed by atoms with E-state index in [0.717, 1.165) is 45.5 Å². The van der Waals surface area contributed by atoms with E-state index in [1.54, 1.807) is 0 Å². The molecule has 108 valence electrons. The predicted octanol–water partition coefficient (Wildman–Crippen LogP) is 2.11. The Kier molecular flexibility index (Phi) is 7.40. The molecule has 0 radical (unpaired) electrons. The first-order chi connectivity index (χ1) is 8.63. The Balaban J connectivity index is 2.29. The Bertz CT molecular complexity index is 215. The Morgan fingerprint density at radius 3 is 2.17 bits per heavy atom. The van der Waals surface area contributed by atoms with Crippen LogP contribution in [0.25, 0.3) is 0 Å². The summed E-state index contributed by atoms with van der Waals surface area (Å²) in [5, 5.41) is 0. The van der Waals surface area contributed by atoms with Crippen molar-refractivity contribution in [1.82, 2.24) is 0 Å². The molecule has 1 saturated heterocycles. The van der Waals surface area contributed by atoms with E-state index in [1.807, 2.05) is 13.8 Å². The number of hydrogen-bond donors (Lipinski definition) is 0. The highest BCUT2D eigenvalue weighted by Crippen LogP contribution is 2.27. The van der Waals surface area contributed by atoms with Gasteiger partial charge in [0.1, 0.15) is 0 Å². The van der Waals surface area contributed by atoms with Crippen molar-refractivity contribution in [1.29, 1.82) is 0 Å². The van der Waals surface area contributed by atoms with Crippen LogP contribution in [-0.4, -0.2) is 48.4 Å². The average molecular weight is 276 g/mol. The summed E-state index contributed by atoms with van der Waals surface area (Å²) in [6.07, 6.45) is 1.28. The van der Waals surface area contributed by atoms with Crippen LogP contribution in [-0.2, 0) is 18.3 Å². The van der Waals surface area contributed by atoms with Gasteiger partial charge in [-0.05, 0) is 20.3 Å². The second-order valence-corrected chi connectivity index (χ2v) is 7.22. The number of ether oxygens (including phenoxy) is 2. The molecule has 1 atom stereocenters. The molecule has 4 nitrogen and oxygen atoms in total. The first-order valence-corrected chi connectivity index (χ1v) is 8.82. The van der Waals surface area contributed by atoms with Crippen LogP contribution in [0.15, 0.2) is 0 Å². The molecule has 5 heteroatoms. The van der Waals surface area contributed by atoms with Gasteiger partial charge in [-0.1, -0.05) is 13.8 Å². The van der Waals surface area contributed by atoms with Gasteiger partial charge in [-0.2, -0.15) is 0 Å². The fourth-order valence-corrected chi connectivity index (χ4v) is 3.99. The Labute approximate surface area is 113 Å². The van der Waals surface area contributed by atoms with E-state index in [0.29, 0.717) is 0 Å². The van der Waals surface area contributed by atoms with E-state index in [2.05, 4.69) is 13.8 Å². The van der Waals surface area contributed by atoms with Gasteiger partial charge in [0.25, 0.3) is 0 Å². The topological polar surface area (TPSA) is 36.9 Å². The van der Waals surface area contributed by atoms with Crippen molar-refractivity contribution in [2.45, 2.75) is 46.3 Å². The predicted molar refractivity (Wildman–Crippen MR) is 74.2 cm³/mol. The molecule has 1 aliphatic heterocycles. The lowest BCUT2D eigenvalue weighted by atomic mass is 9.90. The normalized spacial score (nSPS) is 19.8. The molecule has 0 aromatic carbocycles. The van der Waals surface area contributed by atoms with Crippen LogP contribution >= 0.6 is 0 Å². The van der Waals surface area contributed by atoms with E-state index in [4.69, 9.17) is 18.3 Å². The highest BCUT2D eigenvalue weighted by atomic mass is 28.3. The molecule has 0 N–H and O–H groups in total. The summed E-state index contributed by atoms with van der Waals surface area (Å²) >= 11 is 0. The number of rotatable bonds is 10. The molecule has 0 aromatic rings. The third-order valence-corrected chi connectivity index (χ3v) is 5.51. The summed E-state index contributed by atoms with van der Waals surface area (Å²) in [4.78, 5) is 0. The quantitative estimate of drug-likeness (QED) is 0.573. The summed E-state index contributed by atoms with van der Waals surface area (Å²) in [7, 11) is -1.54. The summed E-state index contributed by atoms with van der Waals surface area (Å²) in [6, 6.07) is 0.940. The Morgan fingerprint density at radius 2 is 1.78 bits per heavy atom. The van der Waals surface area contributed by atoms with E-state index in [-0.39, 0.29) is 11.5 Å². The molecular formula is C13H28O4Si. The maximum Gasteiger partial charge on any atom is 0.324 e. The molecule has 0 aliphatic carbocycles. The molecule has 18 heavy (non-hydrogen) atoms. The van der Waals surface area contributed by atoms with Crippen LogP contribution in [0.5, 0.6) is 0 Å². The van der Waals surface area contributed by atoms with E-state index >= 15 is 0 Å². The summed E-state index contributed by atoms with van der Waals surface area (Å²) < 4.78 is 22.7. The van der Waals surface area contributed by atoms with Gasteiger partial charge in [0, 0.05) is 24.7 Å². The molecule has 1 unspecified atom stereocenters. The van der Waals surface area contributed by atoms with Gasteiger partial charge in [0.05, 0.1) is 25.9 Å². The van der Waals surface area contributed by atoms with Crippen molar-refractivity contribution in [2.24, 2.45) is 5.41 Å². The average Bonchev–Trinajstić information content (AvgIpc) is 2.32. The molecule has 1 heterocycles. The first-order valence-electron chi connectivity index (χ1n) is 7.06. The van der Waals surface area contributed by atoms with E-state index < -0.39 is 9.28 Å². The fraction of sp³-hybridized carbons (Fsp3) is 1.00. The molecule has 1 aliphatic rings. The zero-order valence-corrected chi connectivity index (χ0v) is 13.4. The Morgan fingerprint density at radius 1 is 1.17 bits per heavy atom. The van der Waals surface area contributed by atoms with Gasteiger partial charge in [0.15, 0.2) is 0 Å². The maximum absolute atomic E-state index is 6.02. The lowest BCUT2D eigenvalue weighted by Crippen LogP contribution is -2.44. The van der Waals surface area contributed by atoms with Crippen LogP contribution in [0.1, 0.15) is 34.1 Å². The minimum atomic E-state index is -1.54. The molecule has 0 aromatic heterocycles. The fourth-order valence-electron chi connectivity index (χ4n) is 1.98. The van der Waals surface area contributed by atoms with Gasteiger partial charge in [-0.3, -0.25) is 0 Å². The zero-order chi connectivity index (χ0) is 13.4. The SMILES string of the molecule is CCO[SiH](CC(CC)OCC1(C)COC1)OCC. The van der Waals surface area contributed by atoms with Gasteiger partial charge in [0.2, 0.25) is 0 Å². The lowest BCUT2D eigenvalue weighted by Gasteiger charge is -2.38. The van der Waals surface area contributed by atoms with Crippen LogP contribution in [0.2, 0.25) is 6.04 Å². The minimum absolute atomic E-state index is 0.224. The summed E-state index contributed by atoms with van der Waals surface area (Å²) in [5.74, 6) is 0. The van der Waals surface area contributed by atoms with Crippen molar-refractivity contribution in [2.75, 3.05) is 33.0 Å². The van der Waals surface area contributed by atoms with E-state index in [9.17, 15) is 0 Å². The monoisotopic (exact) mass is 276 g/mol. The number of hydrogen-bond acceptors (Lipinski definition) is 4. The second-order valence-electron chi connectivity index (χ2n) is 5.22. The standard InChI is InChI=1S/C13H28O4Si/c1-5-12(8-18(16-6-2)17-7-3)15-11-13(4)9-14-10-13/h12,18H,5-11H2,1-4H3. The van der Waals surface area contributed by atoms with Gasteiger partial charge in [-0.25, -0.2) is 0 Å². The van der Waals surface area contributed by atoms with Crippen molar-refractivity contribution in [3.8, 4) is 0 Å². The third kappa shape index (κ3) is 5.36. The van der Waals surface area contributed by atoms with Crippen molar-refractivity contribution < 1.29 is 18.3 Å². The largest absolute Gasteiger partial charge is 0.397 e. The minimum Gasteiger partial charge on any atom is -0.397 e. The van der Waals surface area contributed by atoms with Crippen molar-refractivity contribution in [3.05, 3.63) is 0 Å². The van der Waals surface area contributed by atoms with Crippen LogP contribution in [0.4, 0.5) is 0 Å². The van der Waals surface area contributed by atoms with Gasteiger partial charge < -0.3 is 18.3 Å². The van der Waals surface area contributed by atoms with Crippen molar-refractivity contribution in [3.63, 3.8) is 0 Å². The third-order valence-electron chi connectivity index (χ3n) is 3.18. The van der Waals surface area contributed by atoms with Crippen LogP contribution < -0.4 is 0 Å². The van der Waals surface area contributed by atoms with Crippen LogP contribution in [0, 0.1) is 5.41 Å². The lowest BCUT2D eigenvalue weighted by molar-refractivity contribution is -0.147. The highest BCUT2D eigenvalue weighted by Gasteiger charge is 2.34. The summed E-state index contributed by atoms with van der Waals surface area (Å²) in [5.41, 5.74) is 0.224. The summed E-state index contributed by atoms with van der Waals surface area (Å²) in [6.45, 7) is 12.3. The zero-order valence-electron chi connectivity index (χ0n) is 12.2. The van der Waals surface area contributed by atoms with Gasteiger partial charge >= 0.3 is 9.28 Å². The molecule has 1 fully saturated rings. The molecule has 0 amide bonds. The maximum atomic E-state index is 6.02. The van der Waals surface area contributed by atoms with E-state index in [1.165, 1.54) is 0 Å². The van der Waals surface area contributed by atoms with Gasteiger partial charge in [-0.15, -0.1) is 0 Å². The molecular weight excluding hydrogens is 248 g/mol. The van der Waals surface area contributed by atoms with Crippen LogP contribution in [0.3, 0.4) is 0 Å². The molecule has 1 rings (SSSR count). The Hall–Kier alpha value is 0.0569. The highest BCUT2D eigenvalue weighted by molar-refractivity contribution is 6.44.